The van der Waals surface area contributed by atoms with Crippen LogP contribution in [0.15, 0.2) is 83.8 Å². The third-order valence-corrected chi connectivity index (χ3v) is 6.74. The molecule has 35 heavy (non-hydrogen) atoms. The maximum absolute atomic E-state index is 13.0. The number of carbonyl (C=O) groups is 2. The van der Waals surface area contributed by atoms with E-state index >= 15 is 0 Å². The predicted molar refractivity (Wildman–Crippen MR) is 134 cm³/mol. The summed E-state index contributed by atoms with van der Waals surface area (Å²) in [6.07, 6.45) is 0.868. The lowest BCUT2D eigenvalue weighted by Gasteiger charge is -2.15. The van der Waals surface area contributed by atoms with Gasteiger partial charge >= 0.3 is 12.0 Å². The Morgan fingerprint density at radius 1 is 0.857 bits per heavy atom. The maximum Gasteiger partial charge on any atom is 0.322 e. The first-order chi connectivity index (χ1) is 16.8. The minimum Gasteiger partial charge on any atom is -0.480 e. The van der Waals surface area contributed by atoms with Crippen LogP contribution in [0.3, 0.4) is 0 Å². The van der Waals surface area contributed by atoms with Crippen molar-refractivity contribution in [1.29, 1.82) is 0 Å². The molecule has 0 radical (unpaired) electrons. The number of carboxylic acids is 1. The summed E-state index contributed by atoms with van der Waals surface area (Å²) >= 11 is 0. The van der Waals surface area contributed by atoms with Gasteiger partial charge in [-0.25, -0.2) is 13.2 Å². The molecule has 0 bridgehead atoms. The highest BCUT2D eigenvalue weighted by Crippen LogP contribution is 2.24. The third-order valence-electron chi connectivity index (χ3n) is 5.27. The molecule has 9 heteroatoms. The number of urea groups is 1. The lowest BCUT2D eigenvalue weighted by molar-refractivity contribution is -0.138. The van der Waals surface area contributed by atoms with Gasteiger partial charge in [-0.1, -0.05) is 67.6 Å². The van der Waals surface area contributed by atoms with E-state index in [-0.39, 0.29) is 17.3 Å². The Balaban J connectivity index is 1.76. The SMILES string of the molecule is CCCNC(=O)NCc1cccc(-c2cccc(S(=O)(=O)N[C@@H](Cc3ccccc3)C(=O)O)c2)c1. The van der Waals surface area contributed by atoms with Crippen LogP contribution in [0.1, 0.15) is 24.5 Å². The number of benzene rings is 3. The summed E-state index contributed by atoms with van der Waals surface area (Å²) in [5.74, 6) is -1.25. The lowest BCUT2D eigenvalue weighted by Crippen LogP contribution is -2.42. The topological polar surface area (TPSA) is 125 Å². The molecule has 0 aromatic heterocycles. The molecule has 0 unspecified atom stereocenters. The van der Waals surface area contributed by atoms with Crippen molar-refractivity contribution < 1.29 is 23.1 Å². The van der Waals surface area contributed by atoms with Gasteiger partial charge in [0.15, 0.2) is 0 Å². The summed E-state index contributed by atoms with van der Waals surface area (Å²) in [6, 6.07) is 21.0. The molecule has 0 spiro atoms. The molecule has 3 rings (SSSR count). The zero-order chi connectivity index (χ0) is 25.3. The molecule has 0 saturated carbocycles. The number of carboxylic acid groups (broad SMARTS) is 1. The Kier molecular flexibility index (Phi) is 8.99. The molecule has 3 aromatic rings. The van der Waals surface area contributed by atoms with Crippen molar-refractivity contribution in [2.75, 3.05) is 6.54 Å². The summed E-state index contributed by atoms with van der Waals surface area (Å²) in [5, 5.41) is 15.1. The maximum atomic E-state index is 13.0. The molecule has 0 aliphatic carbocycles. The fourth-order valence-corrected chi connectivity index (χ4v) is 4.71. The van der Waals surface area contributed by atoms with E-state index in [0.717, 1.165) is 17.5 Å². The summed E-state index contributed by atoms with van der Waals surface area (Å²) in [5.41, 5.74) is 2.99. The highest BCUT2D eigenvalue weighted by Gasteiger charge is 2.26. The van der Waals surface area contributed by atoms with Crippen LogP contribution in [-0.4, -0.2) is 38.1 Å². The first kappa shape index (κ1) is 25.9. The Bertz CT molecular complexity index is 1260. The predicted octanol–water partition coefficient (Wildman–Crippen LogP) is 3.54. The quantitative estimate of drug-likeness (QED) is 0.324. The number of hydrogen-bond acceptors (Lipinski definition) is 4. The summed E-state index contributed by atoms with van der Waals surface area (Å²) in [6.45, 7) is 2.89. The minimum atomic E-state index is -4.09. The Morgan fingerprint density at radius 3 is 2.20 bits per heavy atom. The van der Waals surface area contributed by atoms with Crippen molar-refractivity contribution >= 4 is 22.0 Å². The standard InChI is InChI=1S/C26H29N3O5S/c1-2-14-27-26(32)28-18-20-10-6-11-21(15-20)22-12-7-13-23(17-22)35(33,34)29-24(25(30)31)16-19-8-4-3-5-9-19/h3-13,15,17,24,29H,2,14,16,18H2,1H3,(H,30,31)(H2,27,28,32)/t24-/m0/s1. The fourth-order valence-electron chi connectivity index (χ4n) is 3.47. The summed E-state index contributed by atoms with van der Waals surface area (Å²) in [4.78, 5) is 23.5. The number of rotatable bonds is 11. The Labute approximate surface area is 205 Å². The number of sulfonamides is 1. The average molecular weight is 496 g/mol. The number of nitrogens with one attached hydrogen (secondary N) is 3. The fraction of sp³-hybridized carbons (Fsp3) is 0.231. The van der Waals surface area contributed by atoms with Gasteiger partial charge in [0.1, 0.15) is 6.04 Å². The van der Waals surface area contributed by atoms with Gasteiger partial charge in [-0.15, -0.1) is 0 Å². The second kappa shape index (κ2) is 12.1. The normalized spacial score (nSPS) is 12.0. The third kappa shape index (κ3) is 7.66. The number of hydrogen-bond donors (Lipinski definition) is 4. The Morgan fingerprint density at radius 2 is 1.51 bits per heavy atom. The minimum absolute atomic E-state index is 0.0238. The van der Waals surface area contributed by atoms with Crippen LogP contribution >= 0.6 is 0 Å². The first-order valence-corrected chi connectivity index (χ1v) is 12.8. The zero-order valence-electron chi connectivity index (χ0n) is 19.4. The van der Waals surface area contributed by atoms with E-state index in [1.807, 2.05) is 31.2 Å². The largest absolute Gasteiger partial charge is 0.480 e. The van der Waals surface area contributed by atoms with Crippen molar-refractivity contribution in [2.45, 2.75) is 37.2 Å². The molecule has 0 aliphatic rings. The number of aliphatic carboxylic acids is 1. The van der Waals surface area contributed by atoms with Crippen molar-refractivity contribution in [3.05, 3.63) is 90.0 Å². The van der Waals surface area contributed by atoms with E-state index in [1.54, 1.807) is 42.5 Å². The van der Waals surface area contributed by atoms with Crippen LogP contribution in [0.4, 0.5) is 4.79 Å². The van der Waals surface area contributed by atoms with Crippen LogP contribution < -0.4 is 15.4 Å². The van der Waals surface area contributed by atoms with Gasteiger partial charge in [-0.2, -0.15) is 4.72 Å². The van der Waals surface area contributed by atoms with Gasteiger partial charge in [0.2, 0.25) is 10.0 Å². The molecule has 2 amide bonds. The number of carbonyl (C=O) groups excluding carboxylic acids is 1. The molecular weight excluding hydrogens is 466 g/mol. The summed E-state index contributed by atoms with van der Waals surface area (Å²) < 4.78 is 28.4. The van der Waals surface area contributed by atoms with Gasteiger partial charge in [0.25, 0.3) is 0 Å². The molecule has 8 nitrogen and oxygen atoms in total. The van der Waals surface area contributed by atoms with Crippen molar-refractivity contribution in [3.8, 4) is 11.1 Å². The van der Waals surface area contributed by atoms with E-state index in [0.29, 0.717) is 24.2 Å². The van der Waals surface area contributed by atoms with Crippen LogP contribution in [0.2, 0.25) is 0 Å². The highest BCUT2D eigenvalue weighted by atomic mass is 32.2. The molecular formula is C26H29N3O5S. The van der Waals surface area contributed by atoms with Crippen molar-refractivity contribution in [1.82, 2.24) is 15.4 Å². The van der Waals surface area contributed by atoms with Gasteiger partial charge in [0, 0.05) is 13.1 Å². The molecule has 1 atom stereocenters. The first-order valence-electron chi connectivity index (χ1n) is 11.3. The van der Waals surface area contributed by atoms with E-state index in [2.05, 4.69) is 15.4 Å². The van der Waals surface area contributed by atoms with Crippen LogP contribution in [0, 0.1) is 0 Å². The lowest BCUT2D eigenvalue weighted by atomic mass is 10.0. The van der Waals surface area contributed by atoms with Crippen molar-refractivity contribution in [3.63, 3.8) is 0 Å². The number of amides is 2. The summed E-state index contributed by atoms with van der Waals surface area (Å²) in [7, 11) is -4.09. The van der Waals surface area contributed by atoms with E-state index in [9.17, 15) is 23.1 Å². The molecule has 0 aliphatic heterocycles. The van der Waals surface area contributed by atoms with Crippen LogP contribution in [0.5, 0.6) is 0 Å². The van der Waals surface area contributed by atoms with Gasteiger partial charge in [-0.3, -0.25) is 4.79 Å². The molecule has 184 valence electrons. The zero-order valence-corrected chi connectivity index (χ0v) is 20.2. The van der Waals surface area contributed by atoms with Gasteiger partial charge in [-0.05, 0) is 53.3 Å². The van der Waals surface area contributed by atoms with Crippen LogP contribution in [-0.2, 0) is 27.8 Å². The molecule has 3 aromatic carbocycles. The highest BCUT2D eigenvalue weighted by molar-refractivity contribution is 7.89. The monoisotopic (exact) mass is 495 g/mol. The molecule has 0 fully saturated rings. The molecule has 0 saturated heterocycles. The van der Waals surface area contributed by atoms with Gasteiger partial charge in [0.05, 0.1) is 4.90 Å². The Hall–Kier alpha value is -3.69. The second-order valence-electron chi connectivity index (χ2n) is 8.04. The van der Waals surface area contributed by atoms with Crippen molar-refractivity contribution in [2.24, 2.45) is 0 Å². The van der Waals surface area contributed by atoms with Gasteiger partial charge < -0.3 is 15.7 Å². The van der Waals surface area contributed by atoms with Crippen LogP contribution in [0.25, 0.3) is 11.1 Å². The molecule has 4 N–H and O–H groups in total. The van der Waals surface area contributed by atoms with E-state index in [1.165, 1.54) is 12.1 Å². The second-order valence-corrected chi connectivity index (χ2v) is 9.75. The smallest absolute Gasteiger partial charge is 0.322 e. The van der Waals surface area contributed by atoms with E-state index < -0.39 is 22.0 Å². The average Bonchev–Trinajstić information content (AvgIpc) is 2.86. The van der Waals surface area contributed by atoms with E-state index in [4.69, 9.17) is 0 Å². The molecule has 0 heterocycles.